The lowest BCUT2D eigenvalue weighted by Gasteiger charge is -2.39. The van der Waals surface area contributed by atoms with Crippen LogP contribution in [-0.2, 0) is 11.2 Å². The van der Waals surface area contributed by atoms with Crippen LogP contribution in [0.5, 0.6) is 11.5 Å². The molecule has 1 aliphatic heterocycles. The largest absolute Gasteiger partial charge is 0.508 e. The van der Waals surface area contributed by atoms with Crippen molar-refractivity contribution < 1.29 is 50.0 Å². The Bertz CT molecular complexity index is 898. The van der Waals surface area contributed by atoms with Crippen LogP contribution in [0.25, 0.3) is 0 Å². The van der Waals surface area contributed by atoms with Gasteiger partial charge in [0.05, 0.1) is 12.7 Å². The molecule has 0 saturated carbocycles. The highest BCUT2D eigenvalue weighted by Gasteiger charge is 2.45. The van der Waals surface area contributed by atoms with Crippen LogP contribution in [0.2, 0.25) is 0 Å². The molecule has 1 heterocycles. The summed E-state index contributed by atoms with van der Waals surface area (Å²) in [5.41, 5.74) is 0.418. The average Bonchev–Trinajstić information content (AvgIpc) is 2.74. The Kier molecular flexibility index (Phi) is 7.11. The SMILES string of the molecule is O=C(O)c1c(C[C@@H](O)c2ccc(O)cc2)cccc1O[C@@H]1O[C@H](CO)[C@@H](O)[C@H](O)[C@H]1O. The van der Waals surface area contributed by atoms with Gasteiger partial charge in [0, 0.05) is 6.42 Å². The highest BCUT2D eigenvalue weighted by molar-refractivity contribution is 5.92. The monoisotopic (exact) mass is 436 g/mol. The minimum Gasteiger partial charge on any atom is -0.508 e. The molecule has 1 fully saturated rings. The summed E-state index contributed by atoms with van der Waals surface area (Å²) in [6.45, 7) is -0.657. The Morgan fingerprint density at radius 2 is 1.71 bits per heavy atom. The third-order valence-corrected chi connectivity index (χ3v) is 5.11. The lowest BCUT2D eigenvalue weighted by molar-refractivity contribution is -0.277. The van der Waals surface area contributed by atoms with Gasteiger partial charge in [-0.15, -0.1) is 0 Å². The Morgan fingerprint density at radius 3 is 2.32 bits per heavy atom. The summed E-state index contributed by atoms with van der Waals surface area (Å²) in [6, 6.07) is 10.1. The van der Waals surface area contributed by atoms with E-state index in [0.717, 1.165) is 0 Å². The van der Waals surface area contributed by atoms with Crippen LogP contribution < -0.4 is 4.74 Å². The van der Waals surface area contributed by atoms with E-state index in [-0.39, 0.29) is 29.0 Å². The van der Waals surface area contributed by atoms with Gasteiger partial charge in [0.2, 0.25) is 6.29 Å². The number of carbonyl (C=O) groups is 1. The van der Waals surface area contributed by atoms with Crippen molar-refractivity contribution in [3.8, 4) is 11.5 Å². The van der Waals surface area contributed by atoms with Gasteiger partial charge >= 0.3 is 5.97 Å². The first-order chi connectivity index (χ1) is 14.7. The highest BCUT2D eigenvalue weighted by Crippen LogP contribution is 2.31. The van der Waals surface area contributed by atoms with Crippen molar-refractivity contribution in [2.75, 3.05) is 6.61 Å². The Balaban J connectivity index is 1.86. The summed E-state index contributed by atoms with van der Waals surface area (Å²) < 4.78 is 10.8. The van der Waals surface area contributed by atoms with E-state index < -0.39 is 49.4 Å². The molecule has 0 amide bonds. The van der Waals surface area contributed by atoms with Crippen molar-refractivity contribution in [1.29, 1.82) is 0 Å². The van der Waals surface area contributed by atoms with Gasteiger partial charge in [-0.2, -0.15) is 0 Å². The van der Waals surface area contributed by atoms with Crippen LogP contribution in [0.4, 0.5) is 0 Å². The first-order valence-corrected chi connectivity index (χ1v) is 9.52. The first-order valence-electron chi connectivity index (χ1n) is 9.52. The van der Waals surface area contributed by atoms with Crippen LogP contribution in [0.3, 0.4) is 0 Å². The number of aromatic carboxylic acids is 1. The molecular formula is C21H24O10. The molecule has 10 nitrogen and oxygen atoms in total. The maximum Gasteiger partial charge on any atom is 0.339 e. The second kappa shape index (κ2) is 9.60. The molecule has 0 unspecified atom stereocenters. The topological polar surface area (TPSA) is 177 Å². The molecule has 168 valence electrons. The number of aromatic hydroxyl groups is 1. The Morgan fingerprint density at radius 1 is 1.03 bits per heavy atom. The quantitative estimate of drug-likeness (QED) is 0.301. The van der Waals surface area contributed by atoms with Gasteiger partial charge in [0.25, 0.3) is 0 Å². The van der Waals surface area contributed by atoms with Gasteiger partial charge in [0.1, 0.15) is 41.5 Å². The van der Waals surface area contributed by atoms with Gasteiger partial charge in [-0.3, -0.25) is 0 Å². The van der Waals surface area contributed by atoms with Crippen LogP contribution >= 0.6 is 0 Å². The molecule has 3 rings (SSSR count). The zero-order valence-corrected chi connectivity index (χ0v) is 16.3. The van der Waals surface area contributed by atoms with E-state index in [1.54, 1.807) is 0 Å². The van der Waals surface area contributed by atoms with Crippen molar-refractivity contribution in [3.05, 3.63) is 59.2 Å². The summed E-state index contributed by atoms with van der Waals surface area (Å²) in [4.78, 5) is 11.9. The standard InChI is InChI=1S/C21H24O10/c22-9-15-17(25)18(26)19(27)21(31-15)30-14-3-1-2-11(16(14)20(28)29)8-13(24)10-4-6-12(23)7-5-10/h1-7,13,15,17-19,21-27H,8-9H2,(H,28,29)/t13-,15-,17-,18+,19-,21-/m1/s1. The van der Waals surface area contributed by atoms with Crippen molar-refractivity contribution in [1.82, 2.24) is 0 Å². The predicted molar refractivity (Wildman–Crippen MR) is 105 cm³/mol. The van der Waals surface area contributed by atoms with Crippen LogP contribution in [0, 0.1) is 0 Å². The van der Waals surface area contributed by atoms with E-state index in [1.807, 2.05) is 0 Å². The number of phenols is 1. The number of phenolic OH excluding ortho intramolecular Hbond substituents is 1. The number of aliphatic hydroxyl groups is 5. The van der Waals surface area contributed by atoms with Crippen molar-refractivity contribution in [3.63, 3.8) is 0 Å². The van der Waals surface area contributed by atoms with E-state index in [1.165, 1.54) is 42.5 Å². The summed E-state index contributed by atoms with van der Waals surface area (Å²) >= 11 is 0. The number of hydrogen-bond donors (Lipinski definition) is 7. The molecule has 1 aliphatic rings. The fraction of sp³-hybridized carbons (Fsp3) is 0.381. The van der Waals surface area contributed by atoms with E-state index in [9.17, 15) is 40.5 Å². The average molecular weight is 436 g/mol. The molecule has 7 N–H and O–H groups in total. The Hall–Kier alpha value is -2.73. The lowest BCUT2D eigenvalue weighted by atomic mass is 9.96. The molecule has 0 aromatic heterocycles. The molecular weight excluding hydrogens is 412 g/mol. The molecule has 0 spiro atoms. The van der Waals surface area contributed by atoms with Crippen LogP contribution in [0.15, 0.2) is 42.5 Å². The lowest BCUT2D eigenvalue weighted by Crippen LogP contribution is -2.60. The molecule has 10 heteroatoms. The zero-order chi connectivity index (χ0) is 22.7. The number of ether oxygens (including phenoxy) is 2. The fourth-order valence-electron chi connectivity index (χ4n) is 3.40. The third kappa shape index (κ3) is 4.96. The van der Waals surface area contributed by atoms with Gasteiger partial charge in [-0.1, -0.05) is 24.3 Å². The maximum absolute atomic E-state index is 11.9. The molecule has 0 radical (unpaired) electrons. The number of hydrogen-bond acceptors (Lipinski definition) is 9. The summed E-state index contributed by atoms with van der Waals surface area (Å²) in [5, 5.41) is 68.8. The minimum absolute atomic E-state index is 0.0251. The fourth-order valence-corrected chi connectivity index (χ4v) is 3.40. The molecule has 1 saturated heterocycles. The Labute approximate surface area is 177 Å². The van der Waals surface area contributed by atoms with Gasteiger partial charge in [-0.25, -0.2) is 4.79 Å². The van der Waals surface area contributed by atoms with Gasteiger partial charge < -0.3 is 45.2 Å². The number of benzene rings is 2. The number of aliphatic hydroxyl groups excluding tert-OH is 5. The number of carboxylic acid groups (broad SMARTS) is 1. The second-order valence-corrected chi connectivity index (χ2v) is 7.22. The number of rotatable bonds is 7. The summed E-state index contributed by atoms with van der Waals surface area (Å²) in [5.74, 6) is -1.52. The normalized spacial score (nSPS) is 26.9. The minimum atomic E-state index is -1.70. The van der Waals surface area contributed by atoms with Crippen molar-refractivity contribution in [2.45, 2.75) is 43.2 Å². The van der Waals surface area contributed by atoms with Crippen molar-refractivity contribution in [2.24, 2.45) is 0 Å². The van der Waals surface area contributed by atoms with Crippen LogP contribution in [0.1, 0.15) is 27.6 Å². The summed E-state index contributed by atoms with van der Waals surface area (Å²) in [6.07, 6.45) is -8.87. The zero-order valence-electron chi connectivity index (χ0n) is 16.3. The van der Waals surface area contributed by atoms with Crippen molar-refractivity contribution >= 4 is 5.97 Å². The third-order valence-electron chi connectivity index (χ3n) is 5.11. The maximum atomic E-state index is 11.9. The molecule has 6 atom stereocenters. The van der Waals surface area contributed by atoms with Crippen LogP contribution in [-0.4, -0.2) is 79.0 Å². The highest BCUT2D eigenvalue weighted by atomic mass is 16.7. The first kappa shape index (κ1) is 22.9. The van der Waals surface area contributed by atoms with Gasteiger partial charge in [-0.05, 0) is 29.3 Å². The summed E-state index contributed by atoms with van der Waals surface area (Å²) in [7, 11) is 0. The molecule has 31 heavy (non-hydrogen) atoms. The predicted octanol–water partition coefficient (Wildman–Crippen LogP) is -0.455. The molecule has 2 aromatic carbocycles. The smallest absolute Gasteiger partial charge is 0.339 e. The molecule has 0 aliphatic carbocycles. The second-order valence-electron chi connectivity index (χ2n) is 7.22. The number of carboxylic acids is 1. The van der Waals surface area contributed by atoms with E-state index in [2.05, 4.69) is 0 Å². The van der Waals surface area contributed by atoms with E-state index in [4.69, 9.17) is 9.47 Å². The molecule has 2 aromatic rings. The van der Waals surface area contributed by atoms with E-state index >= 15 is 0 Å². The molecule has 0 bridgehead atoms. The van der Waals surface area contributed by atoms with Gasteiger partial charge in [0.15, 0.2) is 0 Å². The van der Waals surface area contributed by atoms with E-state index in [0.29, 0.717) is 5.56 Å².